The van der Waals surface area contributed by atoms with Gasteiger partial charge in [-0.3, -0.25) is 4.79 Å². The average molecular weight is 479 g/mol. The number of likely N-dealkylation sites (tertiary alicyclic amines) is 1. The summed E-state index contributed by atoms with van der Waals surface area (Å²) in [6.07, 6.45) is 2.29. The summed E-state index contributed by atoms with van der Waals surface area (Å²) in [5.74, 6) is -1.95. The van der Waals surface area contributed by atoms with Crippen LogP contribution in [-0.4, -0.2) is 66.4 Å². The zero-order valence-electron chi connectivity index (χ0n) is 19.5. The zero-order valence-corrected chi connectivity index (χ0v) is 19.5. The number of amides is 2. The second-order valence-electron chi connectivity index (χ2n) is 9.46. The molecule has 3 aliphatic rings. The van der Waals surface area contributed by atoms with Crippen LogP contribution < -0.4 is 5.32 Å². The normalized spacial score (nSPS) is 23.8. The number of rotatable bonds is 5. The van der Waals surface area contributed by atoms with E-state index in [-0.39, 0.29) is 31.6 Å². The van der Waals surface area contributed by atoms with Gasteiger partial charge in [0, 0.05) is 12.5 Å². The second-order valence-corrected chi connectivity index (χ2v) is 9.46. The molecule has 3 unspecified atom stereocenters. The van der Waals surface area contributed by atoms with Gasteiger partial charge in [-0.2, -0.15) is 0 Å². The van der Waals surface area contributed by atoms with Crippen LogP contribution in [0.15, 0.2) is 48.5 Å². The number of carboxylic acid groups (broad SMARTS) is 1. The van der Waals surface area contributed by atoms with Gasteiger partial charge in [0.2, 0.25) is 5.91 Å². The van der Waals surface area contributed by atoms with Crippen molar-refractivity contribution in [1.29, 1.82) is 0 Å². The van der Waals surface area contributed by atoms with Crippen LogP contribution in [0.3, 0.4) is 0 Å². The molecule has 35 heavy (non-hydrogen) atoms. The van der Waals surface area contributed by atoms with Gasteiger partial charge >= 0.3 is 12.1 Å². The number of alkyl carbamates (subject to hydrolysis) is 1. The average Bonchev–Trinajstić information content (AvgIpc) is 3.35. The number of benzene rings is 2. The summed E-state index contributed by atoms with van der Waals surface area (Å²) in [4.78, 5) is 39.3. The van der Waals surface area contributed by atoms with Crippen molar-refractivity contribution < 1.29 is 29.0 Å². The first-order valence-electron chi connectivity index (χ1n) is 12.3. The Morgan fingerprint density at radius 2 is 1.66 bits per heavy atom. The maximum atomic E-state index is 13.3. The predicted molar refractivity (Wildman–Crippen MR) is 128 cm³/mol. The van der Waals surface area contributed by atoms with Gasteiger partial charge < -0.3 is 24.8 Å². The second kappa shape index (κ2) is 10.1. The highest BCUT2D eigenvalue weighted by atomic mass is 16.5. The molecule has 2 fully saturated rings. The molecular weight excluding hydrogens is 448 g/mol. The molecular formula is C27H30N2O6. The lowest BCUT2D eigenvalue weighted by molar-refractivity contribution is -0.152. The lowest BCUT2D eigenvalue weighted by Crippen LogP contribution is -2.52. The Hall–Kier alpha value is -3.39. The molecule has 2 heterocycles. The van der Waals surface area contributed by atoms with Crippen molar-refractivity contribution in [1.82, 2.24) is 10.2 Å². The van der Waals surface area contributed by atoms with Crippen LogP contribution in [0.1, 0.15) is 42.7 Å². The first-order chi connectivity index (χ1) is 17.0. The summed E-state index contributed by atoms with van der Waals surface area (Å²) in [5, 5.41) is 12.4. The standard InChI is InChI=1S/C27H30N2O6/c30-25(29-13-7-1-2-12-24(29)26(31)32)22-14-34-16-23(22)28-27(33)35-15-21-19-10-5-3-8-17(19)18-9-4-6-11-20(18)21/h3-6,8-11,21-24H,1-2,7,12-16H2,(H,28,33)(H,31,32). The summed E-state index contributed by atoms with van der Waals surface area (Å²) in [6.45, 7) is 0.922. The summed E-state index contributed by atoms with van der Waals surface area (Å²) < 4.78 is 11.1. The summed E-state index contributed by atoms with van der Waals surface area (Å²) >= 11 is 0. The number of hydrogen-bond donors (Lipinski definition) is 2. The van der Waals surface area contributed by atoms with E-state index < -0.39 is 30.1 Å². The number of nitrogens with one attached hydrogen (secondary N) is 1. The van der Waals surface area contributed by atoms with E-state index >= 15 is 0 Å². The van der Waals surface area contributed by atoms with Crippen molar-refractivity contribution in [2.24, 2.45) is 5.92 Å². The summed E-state index contributed by atoms with van der Waals surface area (Å²) in [7, 11) is 0. The third kappa shape index (κ3) is 4.62. The molecule has 8 heteroatoms. The van der Waals surface area contributed by atoms with Crippen molar-refractivity contribution in [2.75, 3.05) is 26.4 Å². The van der Waals surface area contributed by atoms with Crippen molar-refractivity contribution in [3.63, 3.8) is 0 Å². The lowest BCUT2D eigenvalue weighted by Gasteiger charge is -2.30. The number of carboxylic acids is 1. The van der Waals surface area contributed by atoms with Crippen LogP contribution in [0.25, 0.3) is 11.1 Å². The smallest absolute Gasteiger partial charge is 0.407 e. The number of hydrogen-bond acceptors (Lipinski definition) is 5. The molecule has 0 spiro atoms. The van der Waals surface area contributed by atoms with Crippen LogP contribution in [0.5, 0.6) is 0 Å². The number of fused-ring (bicyclic) bond motifs is 3. The lowest BCUT2D eigenvalue weighted by atomic mass is 9.98. The van der Waals surface area contributed by atoms with Crippen LogP contribution >= 0.6 is 0 Å². The first kappa shape index (κ1) is 23.4. The van der Waals surface area contributed by atoms with Gasteiger partial charge in [0.25, 0.3) is 0 Å². The number of nitrogens with zero attached hydrogens (tertiary/aromatic N) is 1. The van der Waals surface area contributed by atoms with Crippen LogP contribution in [-0.2, 0) is 19.1 Å². The van der Waals surface area contributed by atoms with Gasteiger partial charge in [0.15, 0.2) is 0 Å². The Morgan fingerprint density at radius 1 is 0.971 bits per heavy atom. The fraction of sp³-hybridized carbons (Fsp3) is 0.444. The van der Waals surface area contributed by atoms with Crippen LogP contribution in [0.2, 0.25) is 0 Å². The molecule has 0 radical (unpaired) electrons. The maximum absolute atomic E-state index is 13.3. The zero-order chi connectivity index (χ0) is 24.4. The third-order valence-corrected chi connectivity index (χ3v) is 7.37. The molecule has 8 nitrogen and oxygen atoms in total. The quantitative estimate of drug-likeness (QED) is 0.683. The molecule has 0 aromatic heterocycles. The molecule has 0 bridgehead atoms. The Labute approximate surface area is 204 Å². The molecule has 5 rings (SSSR count). The number of carbonyl (C=O) groups excluding carboxylic acids is 2. The molecule has 2 aromatic carbocycles. The molecule has 1 aliphatic carbocycles. The summed E-state index contributed by atoms with van der Waals surface area (Å²) in [6, 6.07) is 14.8. The Kier molecular flexibility index (Phi) is 6.72. The van der Waals surface area contributed by atoms with E-state index in [0.29, 0.717) is 13.0 Å². The van der Waals surface area contributed by atoms with E-state index in [0.717, 1.165) is 41.5 Å². The van der Waals surface area contributed by atoms with E-state index in [1.165, 1.54) is 4.90 Å². The van der Waals surface area contributed by atoms with Gasteiger partial charge in [-0.15, -0.1) is 0 Å². The van der Waals surface area contributed by atoms with Gasteiger partial charge in [0.05, 0.1) is 25.2 Å². The van der Waals surface area contributed by atoms with Crippen molar-refractivity contribution in [3.05, 3.63) is 59.7 Å². The highest BCUT2D eigenvalue weighted by molar-refractivity contribution is 5.86. The fourth-order valence-corrected chi connectivity index (χ4v) is 5.57. The molecule has 2 N–H and O–H groups in total. The van der Waals surface area contributed by atoms with Crippen molar-refractivity contribution >= 4 is 18.0 Å². The van der Waals surface area contributed by atoms with E-state index in [9.17, 15) is 19.5 Å². The highest BCUT2D eigenvalue weighted by Crippen LogP contribution is 2.44. The van der Waals surface area contributed by atoms with Gasteiger partial charge in [-0.25, -0.2) is 9.59 Å². The van der Waals surface area contributed by atoms with E-state index in [2.05, 4.69) is 29.6 Å². The number of carbonyl (C=O) groups is 3. The number of ether oxygens (including phenoxy) is 2. The van der Waals surface area contributed by atoms with Gasteiger partial charge in [-0.1, -0.05) is 61.4 Å². The van der Waals surface area contributed by atoms with Gasteiger partial charge in [0.1, 0.15) is 12.6 Å². The van der Waals surface area contributed by atoms with Crippen molar-refractivity contribution in [3.8, 4) is 11.1 Å². The Balaban J connectivity index is 1.23. The fourth-order valence-electron chi connectivity index (χ4n) is 5.57. The monoisotopic (exact) mass is 478 g/mol. The highest BCUT2D eigenvalue weighted by Gasteiger charge is 2.41. The van der Waals surface area contributed by atoms with E-state index in [1.807, 2.05) is 24.3 Å². The Bertz CT molecular complexity index is 1070. The molecule has 2 saturated heterocycles. The largest absolute Gasteiger partial charge is 0.480 e. The SMILES string of the molecule is O=C(NC1COCC1C(=O)N1CCCCCC1C(=O)O)OCC1c2ccccc2-c2ccccc21. The first-order valence-corrected chi connectivity index (χ1v) is 12.3. The Morgan fingerprint density at radius 3 is 2.34 bits per heavy atom. The summed E-state index contributed by atoms with van der Waals surface area (Å²) in [5.41, 5.74) is 4.55. The minimum Gasteiger partial charge on any atom is -0.480 e. The van der Waals surface area contributed by atoms with Gasteiger partial charge in [-0.05, 0) is 35.1 Å². The molecule has 3 atom stereocenters. The molecule has 184 valence electrons. The van der Waals surface area contributed by atoms with Crippen LogP contribution in [0.4, 0.5) is 4.79 Å². The molecule has 0 saturated carbocycles. The van der Waals surface area contributed by atoms with Crippen molar-refractivity contribution in [2.45, 2.75) is 43.7 Å². The van der Waals surface area contributed by atoms with E-state index in [4.69, 9.17) is 9.47 Å². The maximum Gasteiger partial charge on any atom is 0.407 e. The third-order valence-electron chi connectivity index (χ3n) is 7.37. The minimum absolute atomic E-state index is 0.0566. The molecule has 2 amide bonds. The minimum atomic E-state index is -0.986. The number of aliphatic carboxylic acids is 1. The van der Waals surface area contributed by atoms with Crippen LogP contribution in [0, 0.1) is 5.92 Å². The molecule has 2 aromatic rings. The predicted octanol–water partition coefficient (Wildman–Crippen LogP) is 3.40. The topological polar surface area (TPSA) is 105 Å². The van der Waals surface area contributed by atoms with E-state index in [1.54, 1.807) is 0 Å². The molecule has 2 aliphatic heterocycles.